The Morgan fingerprint density at radius 2 is 2.23 bits per heavy atom. The summed E-state index contributed by atoms with van der Waals surface area (Å²) in [7, 11) is 1.40. The second-order valence-corrected chi connectivity index (χ2v) is 8.18. The lowest BCUT2D eigenvalue weighted by Crippen LogP contribution is -2.56. The molecular weight excluding hydrogens is 280 g/mol. The van der Waals surface area contributed by atoms with Crippen LogP contribution < -0.4 is 0 Å². The van der Waals surface area contributed by atoms with Crippen molar-refractivity contribution in [3.8, 4) is 0 Å². The van der Waals surface area contributed by atoms with Gasteiger partial charge in [0.05, 0.1) is 18.8 Å². The number of rotatable bonds is 3. The highest BCUT2D eigenvalue weighted by atomic mass is 16.5. The monoisotopic (exact) mass is 304 g/mol. The summed E-state index contributed by atoms with van der Waals surface area (Å²) in [4.78, 5) is 24.3. The van der Waals surface area contributed by atoms with Crippen LogP contribution in [0.5, 0.6) is 0 Å². The van der Waals surface area contributed by atoms with E-state index >= 15 is 0 Å². The van der Waals surface area contributed by atoms with Gasteiger partial charge in [-0.05, 0) is 50.0 Å². The van der Waals surface area contributed by atoms with E-state index in [1.165, 1.54) is 7.11 Å². The summed E-state index contributed by atoms with van der Waals surface area (Å²) < 4.78 is 11.1. The molecule has 2 saturated heterocycles. The fourth-order valence-electron chi connectivity index (χ4n) is 6.10. The average Bonchev–Trinajstić information content (AvgIpc) is 2.83. The molecule has 5 rings (SSSR count). The van der Waals surface area contributed by atoms with E-state index in [0.29, 0.717) is 18.8 Å². The smallest absolute Gasteiger partial charge is 0.305 e. The molecule has 0 radical (unpaired) electrons. The lowest BCUT2D eigenvalue weighted by Gasteiger charge is -2.55. The number of hydrogen-bond acceptors (Lipinski definition) is 4. The van der Waals surface area contributed by atoms with Crippen molar-refractivity contribution in [1.82, 2.24) is 0 Å². The van der Waals surface area contributed by atoms with Crippen molar-refractivity contribution in [2.75, 3.05) is 7.11 Å². The predicted molar refractivity (Wildman–Crippen MR) is 80.0 cm³/mol. The molecule has 4 fully saturated rings. The van der Waals surface area contributed by atoms with Crippen molar-refractivity contribution in [2.45, 2.75) is 57.7 Å². The molecule has 0 aromatic heterocycles. The fourth-order valence-corrected chi connectivity index (χ4v) is 6.10. The number of methoxy groups -OCH3 is 1. The van der Waals surface area contributed by atoms with Gasteiger partial charge in [-0.1, -0.05) is 13.0 Å². The lowest BCUT2D eigenvalue weighted by atomic mass is 9.51. The van der Waals surface area contributed by atoms with Crippen LogP contribution in [0.15, 0.2) is 12.2 Å². The summed E-state index contributed by atoms with van der Waals surface area (Å²) in [6.07, 6.45) is 8.18. The summed E-state index contributed by atoms with van der Waals surface area (Å²) in [5.74, 6) is 0.733. The molecule has 2 heterocycles. The first kappa shape index (κ1) is 14.4. The quantitative estimate of drug-likeness (QED) is 0.752. The molecule has 4 heteroatoms. The fraction of sp³-hybridized carbons (Fsp3) is 0.778. The van der Waals surface area contributed by atoms with E-state index in [4.69, 9.17) is 9.47 Å². The van der Waals surface area contributed by atoms with Gasteiger partial charge in [-0.3, -0.25) is 9.59 Å². The average molecular weight is 304 g/mol. The number of esters is 1. The van der Waals surface area contributed by atoms with Crippen molar-refractivity contribution >= 4 is 11.8 Å². The zero-order valence-electron chi connectivity index (χ0n) is 13.6. The molecule has 0 amide bonds. The van der Waals surface area contributed by atoms with Crippen LogP contribution in [0.3, 0.4) is 0 Å². The third-order valence-corrected chi connectivity index (χ3v) is 6.99. The molecule has 6 atom stereocenters. The first-order valence-electron chi connectivity index (χ1n) is 8.31. The van der Waals surface area contributed by atoms with Crippen LogP contribution in [-0.4, -0.2) is 30.6 Å². The van der Waals surface area contributed by atoms with Gasteiger partial charge in [-0.25, -0.2) is 0 Å². The van der Waals surface area contributed by atoms with E-state index in [0.717, 1.165) is 19.3 Å². The molecular formula is C18H24O4. The molecule has 4 nitrogen and oxygen atoms in total. The van der Waals surface area contributed by atoms with Gasteiger partial charge in [-0.15, -0.1) is 0 Å². The summed E-state index contributed by atoms with van der Waals surface area (Å²) in [6, 6.07) is 0. The molecule has 22 heavy (non-hydrogen) atoms. The van der Waals surface area contributed by atoms with E-state index in [2.05, 4.69) is 13.0 Å². The predicted octanol–water partition coefficient (Wildman–Crippen LogP) is 2.66. The largest absolute Gasteiger partial charge is 0.469 e. The van der Waals surface area contributed by atoms with Gasteiger partial charge in [0.25, 0.3) is 0 Å². The van der Waals surface area contributed by atoms with Crippen LogP contribution in [0.1, 0.15) is 46.0 Å². The molecule has 2 unspecified atom stereocenters. The molecule has 0 aromatic carbocycles. The number of allylic oxidation sites excluding steroid dienone is 2. The third-order valence-electron chi connectivity index (χ3n) is 6.99. The Morgan fingerprint density at radius 3 is 2.91 bits per heavy atom. The van der Waals surface area contributed by atoms with Crippen LogP contribution in [0, 0.1) is 22.7 Å². The first-order chi connectivity index (χ1) is 10.3. The molecule has 1 spiro atoms. The van der Waals surface area contributed by atoms with Crippen LogP contribution in [0.4, 0.5) is 0 Å². The molecule has 4 bridgehead atoms. The Hall–Kier alpha value is -1.16. The molecule has 0 aromatic rings. The van der Waals surface area contributed by atoms with E-state index in [1.807, 2.05) is 6.92 Å². The minimum Gasteiger partial charge on any atom is -0.469 e. The van der Waals surface area contributed by atoms with Crippen molar-refractivity contribution < 1.29 is 19.1 Å². The standard InChI is InChI=1S/C18H24O4/c1-16(6-5-14(20)21-3)13(19)4-7-18-9-11-8-12(15(16)18)22-17(11,2)10-18/h4,7,11-12,15H,5-6,8-10H2,1-3H3/t11?,12-,15?,16+,17+,18-/m0/s1. The Bertz CT molecular complexity index is 582. The summed E-state index contributed by atoms with van der Waals surface area (Å²) in [6.45, 7) is 4.27. The highest BCUT2D eigenvalue weighted by Gasteiger charge is 2.71. The van der Waals surface area contributed by atoms with Crippen molar-refractivity contribution in [3.05, 3.63) is 12.2 Å². The van der Waals surface area contributed by atoms with E-state index in [-0.39, 0.29) is 34.8 Å². The SMILES string of the molecule is COC(=O)CC[C@]1(C)C(=O)C=C[C@]23CC4C[C@H](O[C@]4(C)C2)C31. The zero-order valence-corrected chi connectivity index (χ0v) is 13.6. The summed E-state index contributed by atoms with van der Waals surface area (Å²) in [5, 5.41) is 0. The van der Waals surface area contributed by atoms with Gasteiger partial charge in [0.2, 0.25) is 0 Å². The zero-order chi connectivity index (χ0) is 15.8. The molecule has 120 valence electrons. The van der Waals surface area contributed by atoms with Gasteiger partial charge < -0.3 is 9.47 Å². The maximum atomic E-state index is 12.7. The second-order valence-electron chi connectivity index (χ2n) is 8.18. The Balaban J connectivity index is 1.70. The van der Waals surface area contributed by atoms with Gasteiger partial charge in [0, 0.05) is 17.8 Å². The molecule has 5 aliphatic rings. The van der Waals surface area contributed by atoms with Crippen molar-refractivity contribution in [2.24, 2.45) is 22.7 Å². The molecule has 2 aliphatic heterocycles. The van der Waals surface area contributed by atoms with Gasteiger partial charge in [-0.2, -0.15) is 0 Å². The van der Waals surface area contributed by atoms with Crippen LogP contribution in [0.2, 0.25) is 0 Å². The normalized spacial score (nSPS) is 51.2. The van der Waals surface area contributed by atoms with E-state index in [1.54, 1.807) is 6.08 Å². The number of carbonyl (C=O) groups excluding carboxylic acids is 2. The van der Waals surface area contributed by atoms with Crippen LogP contribution in [-0.2, 0) is 19.1 Å². The minimum absolute atomic E-state index is 0.00481. The number of ether oxygens (including phenoxy) is 2. The highest BCUT2D eigenvalue weighted by molar-refractivity contribution is 5.96. The van der Waals surface area contributed by atoms with Gasteiger partial charge in [0.1, 0.15) is 0 Å². The van der Waals surface area contributed by atoms with Gasteiger partial charge >= 0.3 is 5.97 Å². The Kier molecular flexibility index (Phi) is 2.77. The molecule has 0 N–H and O–H groups in total. The highest BCUT2D eigenvalue weighted by Crippen LogP contribution is 2.71. The summed E-state index contributed by atoms with van der Waals surface area (Å²) in [5.41, 5.74) is -0.418. The van der Waals surface area contributed by atoms with Crippen LogP contribution in [0.25, 0.3) is 0 Å². The summed E-state index contributed by atoms with van der Waals surface area (Å²) >= 11 is 0. The number of hydrogen-bond donors (Lipinski definition) is 0. The third kappa shape index (κ3) is 1.62. The van der Waals surface area contributed by atoms with Crippen LogP contribution >= 0.6 is 0 Å². The number of ketones is 1. The topological polar surface area (TPSA) is 52.6 Å². The Labute approximate surface area is 131 Å². The maximum Gasteiger partial charge on any atom is 0.305 e. The minimum atomic E-state index is -0.510. The first-order valence-corrected chi connectivity index (χ1v) is 8.31. The lowest BCUT2D eigenvalue weighted by molar-refractivity contribution is -0.170. The van der Waals surface area contributed by atoms with Crippen molar-refractivity contribution in [3.63, 3.8) is 0 Å². The van der Waals surface area contributed by atoms with Crippen molar-refractivity contribution in [1.29, 1.82) is 0 Å². The second kappa shape index (κ2) is 4.22. The van der Waals surface area contributed by atoms with E-state index in [9.17, 15) is 9.59 Å². The molecule has 3 aliphatic carbocycles. The Morgan fingerprint density at radius 1 is 1.45 bits per heavy atom. The maximum absolute atomic E-state index is 12.7. The van der Waals surface area contributed by atoms with E-state index < -0.39 is 5.41 Å². The molecule has 2 saturated carbocycles. The van der Waals surface area contributed by atoms with Gasteiger partial charge in [0.15, 0.2) is 5.78 Å². The number of carbonyl (C=O) groups is 2.